The minimum absolute atomic E-state index is 0.374. The van der Waals surface area contributed by atoms with Gasteiger partial charge in [-0.15, -0.1) is 0 Å². The second kappa shape index (κ2) is 6.17. The minimum Gasteiger partial charge on any atom is -0.493 e. The van der Waals surface area contributed by atoms with Gasteiger partial charge in [-0.3, -0.25) is 0 Å². The summed E-state index contributed by atoms with van der Waals surface area (Å²) < 4.78 is 11.1. The number of aromatic amines is 1. The molecule has 1 N–H and O–H groups in total. The maximum atomic E-state index is 9.55. The molecule has 0 radical (unpaired) electrons. The third-order valence-corrected chi connectivity index (χ3v) is 4.05. The van der Waals surface area contributed by atoms with Crippen molar-refractivity contribution in [3.05, 3.63) is 65.5 Å². The van der Waals surface area contributed by atoms with Gasteiger partial charge in [0.1, 0.15) is 18.5 Å². The summed E-state index contributed by atoms with van der Waals surface area (Å²) in [6, 6.07) is 15.7. The molecule has 1 aliphatic heterocycles. The van der Waals surface area contributed by atoms with Crippen molar-refractivity contribution < 1.29 is 9.47 Å². The molecule has 3 aromatic rings. The normalized spacial score (nSPS) is 13.6. The number of nitrogens with one attached hydrogen (secondary N) is 1. The first kappa shape index (κ1) is 15.0. The van der Waals surface area contributed by atoms with Gasteiger partial charge in [-0.2, -0.15) is 5.26 Å². The summed E-state index contributed by atoms with van der Waals surface area (Å²) >= 11 is 0. The van der Waals surface area contributed by atoms with Gasteiger partial charge in [0, 0.05) is 5.56 Å². The van der Waals surface area contributed by atoms with E-state index in [0.717, 1.165) is 27.9 Å². The molecule has 122 valence electrons. The highest BCUT2D eigenvalue weighted by Crippen LogP contribution is 2.36. The van der Waals surface area contributed by atoms with Crippen molar-refractivity contribution in [3.63, 3.8) is 0 Å². The number of para-hydroxylation sites is 3. The Labute approximate surface area is 144 Å². The lowest BCUT2D eigenvalue weighted by Crippen LogP contribution is -2.07. The summed E-state index contributed by atoms with van der Waals surface area (Å²) in [6.07, 6.45) is 3.81. The number of allylic oxidation sites excluding steroid dienone is 1. The van der Waals surface area contributed by atoms with Gasteiger partial charge < -0.3 is 14.5 Å². The molecule has 0 spiro atoms. The lowest BCUT2D eigenvalue weighted by molar-refractivity contribution is 0.318. The van der Waals surface area contributed by atoms with E-state index in [1.165, 1.54) is 0 Å². The van der Waals surface area contributed by atoms with Crippen LogP contribution in [0.5, 0.6) is 11.5 Å². The maximum absolute atomic E-state index is 9.55. The van der Waals surface area contributed by atoms with Gasteiger partial charge in [-0.25, -0.2) is 4.98 Å². The van der Waals surface area contributed by atoms with Crippen LogP contribution in [0.4, 0.5) is 0 Å². The van der Waals surface area contributed by atoms with Gasteiger partial charge in [0.25, 0.3) is 0 Å². The Balaban J connectivity index is 1.73. The van der Waals surface area contributed by atoms with E-state index in [9.17, 15) is 5.26 Å². The van der Waals surface area contributed by atoms with Crippen molar-refractivity contribution in [3.8, 4) is 17.6 Å². The average molecular weight is 329 g/mol. The number of hydrogen-bond donors (Lipinski definition) is 1. The Morgan fingerprint density at radius 1 is 1.28 bits per heavy atom. The molecule has 0 unspecified atom stereocenters. The van der Waals surface area contributed by atoms with E-state index in [4.69, 9.17) is 9.47 Å². The van der Waals surface area contributed by atoms with Crippen LogP contribution in [0.15, 0.2) is 54.1 Å². The van der Waals surface area contributed by atoms with Crippen molar-refractivity contribution in [2.24, 2.45) is 0 Å². The zero-order valence-corrected chi connectivity index (χ0v) is 13.6. The minimum atomic E-state index is 0.374. The lowest BCUT2D eigenvalue weighted by atomic mass is 10.0. The summed E-state index contributed by atoms with van der Waals surface area (Å²) in [5.74, 6) is 1.99. The van der Waals surface area contributed by atoms with E-state index in [0.29, 0.717) is 23.8 Å². The average Bonchev–Trinajstić information content (AvgIpc) is 3.09. The fraction of sp³-hybridized carbons (Fsp3) is 0.100. The molecule has 2 aromatic carbocycles. The molecule has 4 rings (SSSR count). The van der Waals surface area contributed by atoms with Gasteiger partial charge in [-0.05, 0) is 35.9 Å². The maximum Gasteiger partial charge on any atom is 0.168 e. The van der Waals surface area contributed by atoms with Gasteiger partial charge in [-0.1, -0.05) is 24.3 Å². The highest BCUT2D eigenvalue weighted by Gasteiger charge is 2.16. The highest BCUT2D eigenvalue weighted by atomic mass is 16.5. The first-order chi connectivity index (χ1) is 12.3. The van der Waals surface area contributed by atoms with E-state index < -0.39 is 0 Å². The number of aromatic nitrogens is 2. The molecule has 1 aliphatic rings. The molecule has 0 atom stereocenters. The Morgan fingerprint density at radius 2 is 2.16 bits per heavy atom. The van der Waals surface area contributed by atoms with Gasteiger partial charge >= 0.3 is 0 Å². The Morgan fingerprint density at radius 3 is 2.96 bits per heavy atom. The summed E-state index contributed by atoms with van der Waals surface area (Å²) in [5.41, 5.74) is 4.04. The van der Waals surface area contributed by atoms with Crippen molar-refractivity contribution in [1.29, 1.82) is 5.26 Å². The first-order valence-electron chi connectivity index (χ1n) is 7.86. The third kappa shape index (κ3) is 2.74. The molecule has 0 fully saturated rings. The predicted molar refractivity (Wildman–Crippen MR) is 96.1 cm³/mol. The number of rotatable bonds is 3. The fourth-order valence-corrected chi connectivity index (χ4v) is 2.86. The zero-order valence-electron chi connectivity index (χ0n) is 13.6. The predicted octanol–water partition coefficient (Wildman–Crippen LogP) is 3.95. The molecule has 0 aliphatic carbocycles. The third-order valence-electron chi connectivity index (χ3n) is 4.05. The number of ether oxygens (including phenoxy) is 2. The van der Waals surface area contributed by atoms with E-state index in [1.807, 2.05) is 48.5 Å². The number of nitriles is 1. The van der Waals surface area contributed by atoms with Crippen LogP contribution < -0.4 is 9.47 Å². The molecule has 1 aromatic heterocycles. The molecule has 2 heterocycles. The van der Waals surface area contributed by atoms with Crippen LogP contribution in [0.1, 0.15) is 11.4 Å². The molecule has 5 nitrogen and oxygen atoms in total. The molecular weight excluding hydrogens is 314 g/mol. The molecule has 25 heavy (non-hydrogen) atoms. The van der Waals surface area contributed by atoms with Crippen LogP contribution in [0, 0.1) is 11.3 Å². The van der Waals surface area contributed by atoms with Gasteiger partial charge in [0.05, 0.1) is 23.7 Å². The van der Waals surface area contributed by atoms with Crippen molar-refractivity contribution in [2.45, 2.75) is 0 Å². The number of hydrogen-bond acceptors (Lipinski definition) is 4. The Bertz CT molecular complexity index is 1020. The van der Waals surface area contributed by atoms with Crippen LogP contribution in [-0.2, 0) is 0 Å². The Hall–Kier alpha value is -3.52. The first-order valence-corrected chi connectivity index (χ1v) is 7.86. The standard InChI is InChI=1S/C20H15N3O2/c1-24-18-8-4-5-14-9-13(12-25-19(14)18)10-15(11-21)20-22-16-6-2-3-7-17(16)23-20/h2-10H,12H2,1H3,(H,22,23)/b15-10-. The molecule has 0 amide bonds. The topological polar surface area (TPSA) is 70.9 Å². The van der Waals surface area contributed by atoms with Gasteiger partial charge in [0.15, 0.2) is 11.5 Å². The summed E-state index contributed by atoms with van der Waals surface area (Å²) in [7, 11) is 1.62. The molecule has 0 saturated heterocycles. The number of H-pyrrole nitrogens is 1. The lowest BCUT2D eigenvalue weighted by Gasteiger charge is -2.18. The summed E-state index contributed by atoms with van der Waals surface area (Å²) in [6.45, 7) is 0.374. The second-order valence-electron chi connectivity index (χ2n) is 5.66. The smallest absolute Gasteiger partial charge is 0.168 e. The van der Waals surface area contributed by atoms with Gasteiger partial charge in [0.2, 0.25) is 0 Å². The largest absolute Gasteiger partial charge is 0.493 e. The quantitative estimate of drug-likeness (QED) is 0.739. The molecule has 5 heteroatoms. The molecule has 0 bridgehead atoms. The van der Waals surface area contributed by atoms with Crippen molar-refractivity contribution >= 4 is 22.7 Å². The number of benzene rings is 2. The van der Waals surface area contributed by atoms with E-state index in [1.54, 1.807) is 13.2 Å². The van der Waals surface area contributed by atoms with Crippen LogP contribution in [0.25, 0.3) is 22.7 Å². The SMILES string of the molecule is COc1cccc2c1OCC(/C=C(/C#N)c1nc3ccccc3[nH]1)=C2. The van der Waals surface area contributed by atoms with Crippen LogP contribution >= 0.6 is 0 Å². The zero-order chi connectivity index (χ0) is 17.2. The van der Waals surface area contributed by atoms with Crippen LogP contribution in [0.3, 0.4) is 0 Å². The highest BCUT2D eigenvalue weighted by molar-refractivity contribution is 5.84. The fourth-order valence-electron chi connectivity index (χ4n) is 2.86. The number of fused-ring (bicyclic) bond motifs is 2. The van der Waals surface area contributed by atoms with Crippen LogP contribution in [-0.4, -0.2) is 23.7 Å². The van der Waals surface area contributed by atoms with Crippen molar-refractivity contribution in [2.75, 3.05) is 13.7 Å². The van der Waals surface area contributed by atoms with E-state index in [-0.39, 0.29) is 0 Å². The van der Waals surface area contributed by atoms with E-state index in [2.05, 4.69) is 16.0 Å². The van der Waals surface area contributed by atoms with Crippen molar-refractivity contribution in [1.82, 2.24) is 9.97 Å². The van der Waals surface area contributed by atoms with Crippen LogP contribution in [0.2, 0.25) is 0 Å². The molecular formula is C20H15N3O2. The number of methoxy groups -OCH3 is 1. The molecule has 0 saturated carbocycles. The Kier molecular flexibility index (Phi) is 3.71. The monoisotopic (exact) mass is 329 g/mol. The van der Waals surface area contributed by atoms with E-state index >= 15 is 0 Å². The number of nitrogens with zero attached hydrogens (tertiary/aromatic N) is 2. The summed E-state index contributed by atoms with van der Waals surface area (Å²) in [4.78, 5) is 7.67. The number of imidazole rings is 1. The second-order valence-corrected chi connectivity index (χ2v) is 5.66. The summed E-state index contributed by atoms with van der Waals surface area (Å²) in [5, 5.41) is 9.55.